The van der Waals surface area contributed by atoms with E-state index in [0.29, 0.717) is 0 Å². The molecule has 106 valence electrons. The monoisotopic (exact) mass is 264 g/mol. The SMILES string of the molecule is COc1ccc(OC)c(C(O)C2(C)CCCCC2)c1. The summed E-state index contributed by atoms with van der Waals surface area (Å²) in [6, 6.07) is 5.62. The highest BCUT2D eigenvalue weighted by Crippen LogP contribution is 2.48. The van der Waals surface area contributed by atoms with Crippen LogP contribution in [0, 0.1) is 5.41 Å². The zero-order valence-electron chi connectivity index (χ0n) is 12.1. The van der Waals surface area contributed by atoms with E-state index in [2.05, 4.69) is 6.92 Å². The topological polar surface area (TPSA) is 38.7 Å². The third-order valence-electron chi connectivity index (χ3n) is 4.39. The second kappa shape index (κ2) is 5.83. The summed E-state index contributed by atoms with van der Waals surface area (Å²) in [6.07, 6.45) is 5.29. The Balaban J connectivity index is 2.33. The minimum Gasteiger partial charge on any atom is -0.497 e. The first-order valence-electron chi connectivity index (χ1n) is 7.01. The van der Waals surface area contributed by atoms with E-state index in [1.54, 1.807) is 14.2 Å². The minimum absolute atomic E-state index is 0.0576. The molecule has 2 rings (SSSR count). The van der Waals surface area contributed by atoms with Gasteiger partial charge in [0.15, 0.2) is 0 Å². The Bertz CT molecular complexity index is 422. The number of aliphatic hydroxyl groups excluding tert-OH is 1. The fraction of sp³-hybridized carbons (Fsp3) is 0.625. The van der Waals surface area contributed by atoms with Crippen LogP contribution in [0.2, 0.25) is 0 Å². The van der Waals surface area contributed by atoms with Crippen LogP contribution < -0.4 is 9.47 Å². The van der Waals surface area contributed by atoms with E-state index in [4.69, 9.17) is 9.47 Å². The number of ether oxygens (including phenoxy) is 2. The minimum atomic E-state index is -0.502. The summed E-state index contributed by atoms with van der Waals surface area (Å²) in [5.74, 6) is 1.49. The number of hydrogen-bond acceptors (Lipinski definition) is 3. The van der Waals surface area contributed by atoms with Crippen molar-refractivity contribution in [3.05, 3.63) is 23.8 Å². The summed E-state index contributed by atoms with van der Waals surface area (Å²) in [4.78, 5) is 0. The van der Waals surface area contributed by atoms with Crippen molar-refractivity contribution in [3.63, 3.8) is 0 Å². The fourth-order valence-corrected chi connectivity index (χ4v) is 3.06. The van der Waals surface area contributed by atoms with Crippen LogP contribution >= 0.6 is 0 Å². The molecule has 1 unspecified atom stereocenters. The van der Waals surface area contributed by atoms with Crippen molar-refractivity contribution in [3.8, 4) is 11.5 Å². The molecule has 1 aliphatic rings. The molecule has 1 N–H and O–H groups in total. The molecule has 1 aromatic carbocycles. The van der Waals surface area contributed by atoms with Gasteiger partial charge in [-0.1, -0.05) is 26.2 Å². The molecule has 3 heteroatoms. The Kier molecular flexibility index (Phi) is 4.35. The molecule has 0 heterocycles. The number of benzene rings is 1. The van der Waals surface area contributed by atoms with Crippen molar-refractivity contribution in [2.45, 2.75) is 45.1 Å². The molecule has 1 aromatic rings. The van der Waals surface area contributed by atoms with Crippen molar-refractivity contribution in [1.29, 1.82) is 0 Å². The van der Waals surface area contributed by atoms with Gasteiger partial charge >= 0.3 is 0 Å². The van der Waals surface area contributed by atoms with Crippen LogP contribution in [0.3, 0.4) is 0 Å². The van der Waals surface area contributed by atoms with Crippen LogP contribution in [0.4, 0.5) is 0 Å². The molecule has 1 aliphatic carbocycles. The summed E-state index contributed by atoms with van der Waals surface area (Å²) >= 11 is 0. The van der Waals surface area contributed by atoms with Gasteiger partial charge in [0.1, 0.15) is 11.5 Å². The van der Waals surface area contributed by atoms with Crippen molar-refractivity contribution in [2.75, 3.05) is 14.2 Å². The highest BCUT2D eigenvalue weighted by Gasteiger charge is 2.36. The third kappa shape index (κ3) is 2.86. The molecule has 0 spiro atoms. The zero-order valence-corrected chi connectivity index (χ0v) is 12.1. The quantitative estimate of drug-likeness (QED) is 0.901. The lowest BCUT2D eigenvalue weighted by Crippen LogP contribution is -2.28. The number of rotatable bonds is 4. The van der Waals surface area contributed by atoms with Gasteiger partial charge in [0.25, 0.3) is 0 Å². The molecule has 0 radical (unpaired) electrons. The van der Waals surface area contributed by atoms with Gasteiger partial charge in [-0.3, -0.25) is 0 Å². The predicted molar refractivity (Wildman–Crippen MR) is 75.7 cm³/mol. The number of hydrogen-bond donors (Lipinski definition) is 1. The highest BCUT2D eigenvalue weighted by molar-refractivity contribution is 5.42. The van der Waals surface area contributed by atoms with E-state index in [1.807, 2.05) is 18.2 Å². The second-order valence-corrected chi connectivity index (χ2v) is 5.73. The van der Waals surface area contributed by atoms with E-state index < -0.39 is 6.10 Å². The Morgan fingerprint density at radius 3 is 2.37 bits per heavy atom. The van der Waals surface area contributed by atoms with Crippen molar-refractivity contribution in [2.24, 2.45) is 5.41 Å². The van der Waals surface area contributed by atoms with Gasteiger partial charge in [-0.05, 0) is 36.5 Å². The van der Waals surface area contributed by atoms with Gasteiger partial charge < -0.3 is 14.6 Å². The van der Waals surface area contributed by atoms with Crippen molar-refractivity contribution < 1.29 is 14.6 Å². The molecule has 19 heavy (non-hydrogen) atoms. The Morgan fingerprint density at radius 2 is 1.79 bits per heavy atom. The van der Waals surface area contributed by atoms with E-state index in [9.17, 15) is 5.11 Å². The standard InChI is InChI=1S/C16H24O3/c1-16(9-5-4-6-10-16)15(17)13-11-12(18-2)7-8-14(13)19-3/h7-8,11,15,17H,4-6,9-10H2,1-3H3. The summed E-state index contributed by atoms with van der Waals surface area (Å²) < 4.78 is 10.6. The summed E-state index contributed by atoms with van der Waals surface area (Å²) in [5.41, 5.74) is 0.781. The Labute approximate surface area is 115 Å². The third-order valence-corrected chi connectivity index (χ3v) is 4.39. The zero-order chi connectivity index (χ0) is 13.9. The largest absolute Gasteiger partial charge is 0.497 e. The fourth-order valence-electron chi connectivity index (χ4n) is 3.06. The maximum Gasteiger partial charge on any atom is 0.124 e. The molecule has 0 aliphatic heterocycles. The van der Waals surface area contributed by atoms with E-state index in [0.717, 1.165) is 29.9 Å². The lowest BCUT2D eigenvalue weighted by atomic mass is 9.70. The first-order chi connectivity index (χ1) is 9.10. The van der Waals surface area contributed by atoms with E-state index in [-0.39, 0.29) is 5.41 Å². The molecule has 0 bridgehead atoms. The summed E-state index contributed by atoms with van der Waals surface area (Å²) in [5, 5.41) is 10.8. The van der Waals surface area contributed by atoms with Gasteiger partial charge in [0.2, 0.25) is 0 Å². The van der Waals surface area contributed by atoms with Crippen molar-refractivity contribution >= 4 is 0 Å². The second-order valence-electron chi connectivity index (χ2n) is 5.73. The smallest absolute Gasteiger partial charge is 0.124 e. The van der Waals surface area contributed by atoms with Crippen LogP contribution in [0.5, 0.6) is 11.5 Å². The molecule has 1 fully saturated rings. The predicted octanol–water partition coefficient (Wildman–Crippen LogP) is 3.71. The Hall–Kier alpha value is -1.22. The van der Waals surface area contributed by atoms with Crippen LogP contribution in [0.25, 0.3) is 0 Å². The molecular weight excluding hydrogens is 240 g/mol. The van der Waals surface area contributed by atoms with Crippen LogP contribution in [0.15, 0.2) is 18.2 Å². The van der Waals surface area contributed by atoms with Crippen molar-refractivity contribution in [1.82, 2.24) is 0 Å². The maximum absolute atomic E-state index is 10.8. The number of aliphatic hydroxyl groups is 1. The lowest BCUT2D eigenvalue weighted by Gasteiger charge is -2.38. The van der Waals surface area contributed by atoms with E-state index >= 15 is 0 Å². The lowest BCUT2D eigenvalue weighted by molar-refractivity contribution is 0.00658. The number of methoxy groups -OCH3 is 2. The van der Waals surface area contributed by atoms with Crippen LogP contribution in [-0.2, 0) is 0 Å². The normalized spacial score (nSPS) is 19.8. The summed E-state index contributed by atoms with van der Waals surface area (Å²) in [7, 11) is 3.28. The molecule has 0 aromatic heterocycles. The van der Waals surface area contributed by atoms with E-state index in [1.165, 1.54) is 19.3 Å². The molecular formula is C16H24O3. The Morgan fingerprint density at radius 1 is 1.11 bits per heavy atom. The average molecular weight is 264 g/mol. The summed E-state index contributed by atoms with van der Waals surface area (Å²) in [6.45, 7) is 2.18. The van der Waals surface area contributed by atoms with Gasteiger partial charge in [0, 0.05) is 5.56 Å². The maximum atomic E-state index is 10.8. The molecule has 3 nitrogen and oxygen atoms in total. The molecule has 1 atom stereocenters. The van der Waals surface area contributed by atoms with Gasteiger partial charge in [0.05, 0.1) is 20.3 Å². The average Bonchev–Trinajstić information content (AvgIpc) is 2.46. The van der Waals surface area contributed by atoms with Gasteiger partial charge in [-0.2, -0.15) is 0 Å². The molecule has 0 saturated heterocycles. The van der Waals surface area contributed by atoms with Crippen LogP contribution in [0.1, 0.15) is 50.7 Å². The van der Waals surface area contributed by atoms with Crippen LogP contribution in [-0.4, -0.2) is 19.3 Å². The van der Waals surface area contributed by atoms with Gasteiger partial charge in [-0.15, -0.1) is 0 Å². The highest BCUT2D eigenvalue weighted by atomic mass is 16.5. The molecule has 0 amide bonds. The van der Waals surface area contributed by atoms with Gasteiger partial charge in [-0.25, -0.2) is 0 Å². The molecule has 1 saturated carbocycles. The first-order valence-corrected chi connectivity index (χ1v) is 7.01. The first kappa shape index (κ1) is 14.2.